The van der Waals surface area contributed by atoms with E-state index >= 15 is 0 Å². The monoisotopic (exact) mass is 349 g/mol. The molecule has 0 unspecified atom stereocenters. The summed E-state index contributed by atoms with van der Waals surface area (Å²) < 4.78 is 2.17. The van der Waals surface area contributed by atoms with Gasteiger partial charge in [-0.25, -0.2) is 4.98 Å². The molecule has 1 aromatic heterocycles. The number of fused-ring (bicyclic) bond motifs is 2. The van der Waals surface area contributed by atoms with Crippen LogP contribution < -0.4 is 0 Å². The van der Waals surface area contributed by atoms with E-state index in [2.05, 4.69) is 55.9 Å². The number of pyridine rings is 1. The SMILES string of the molecule is Cc1c2cc(Br)ccc2nc2ccc(Br)cc12. The van der Waals surface area contributed by atoms with E-state index in [4.69, 9.17) is 0 Å². The first-order valence-corrected chi connectivity index (χ1v) is 6.89. The molecule has 84 valence electrons. The summed E-state index contributed by atoms with van der Waals surface area (Å²) in [6, 6.07) is 12.4. The summed E-state index contributed by atoms with van der Waals surface area (Å²) in [6.07, 6.45) is 0. The van der Waals surface area contributed by atoms with Crippen LogP contribution in [0.2, 0.25) is 0 Å². The second kappa shape index (κ2) is 4.07. The summed E-state index contributed by atoms with van der Waals surface area (Å²) in [4.78, 5) is 4.68. The highest BCUT2D eigenvalue weighted by Gasteiger charge is 2.06. The highest BCUT2D eigenvalue weighted by Crippen LogP contribution is 2.29. The summed E-state index contributed by atoms with van der Waals surface area (Å²) in [7, 11) is 0. The molecule has 0 aliphatic heterocycles. The second-order valence-electron chi connectivity index (χ2n) is 4.06. The molecule has 0 saturated heterocycles. The lowest BCUT2D eigenvalue weighted by atomic mass is 10.0. The van der Waals surface area contributed by atoms with Crippen molar-refractivity contribution in [3.8, 4) is 0 Å². The van der Waals surface area contributed by atoms with Gasteiger partial charge in [-0.05, 0) is 48.9 Å². The van der Waals surface area contributed by atoms with Gasteiger partial charge in [0.25, 0.3) is 0 Å². The molecule has 0 aliphatic carbocycles. The molecular formula is C14H9Br2N. The van der Waals surface area contributed by atoms with Gasteiger partial charge >= 0.3 is 0 Å². The van der Waals surface area contributed by atoms with Crippen LogP contribution in [-0.2, 0) is 0 Å². The van der Waals surface area contributed by atoms with Crippen molar-refractivity contribution in [2.45, 2.75) is 6.92 Å². The molecule has 1 nitrogen and oxygen atoms in total. The molecule has 17 heavy (non-hydrogen) atoms. The Morgan fingerprint density at radius 3 is 1.76 bits per heavy atom. The zero-order chi connectivity index (χ0) is 12.0. The maximum Gasteiger partial charge on any atom is 0.0713 e. The van der Waals surface area contributed by atoms with Crippen molar-refractivity contribution in [2.24, 2.45) is 0 Å². The van der Waals surface area contributed by atoms with E-state index in [0.717, 1.165) is 20.0 Å². The van der Waals surface area contributed by atoms with Gasteiger partial charge in [-0.3, -0.25) is 0 Å². The van der Waals surface area contributed by atoms with Crippen LogP contribution >= 0.6 is 31.9 Å². The number of halogens is 2. The maximum atomic E-state index is 4.68. The predicted octanol–water partition coefficient (Wildman–Crippen LogP) is 5.22. The van der Waals surface area contributed by atoms with E-state index in [-0.39, 0.29) is 0 Å². The number of aromatic nitrogens is 1. The van der Waals surface area contributed by atoms with Gasteiger partial charge in [0.05, 0.1) is 11.0 Å². The van der Waals surface area contributed by atoms with Crippen LogP contribution in [0, 0.1) is 6.92 Å². The summed E-state index contributed by atoms with van der Waals surface area (Å²) in [6.45, 7) is 2.14. The van der Waals surface area contributed by atoms with Gasteiger partial charge in [0.15, 0.2) is 0 Å². The third-order valence-corrected chi connectivity index (χ3v) is 3.95. The van der Waals surface area contributed by atoms with E-state index in [9.17, 15) is 0 Å². The maximum absolute atomic E-state index is 4.68. The van der Waals surface area contributed by atoms with E-state index in [1.165, 1.54) is 16.3 Å². The zero-order valence-corrected chi connectivity index (χ0v) is 12.3. The van der Waals surface area contributed by atoms with Crippen molar-refractivity contribution in [2.75, 3.05) is 0 Å². The molecule has 3 aromatic rings. The van der Waals surface area contributed by atoms with Crippen LogP contribution in [0.5, 0.6) is 0 Å². The first kappa shape index (κ1) is 11.2. The topological polar surface area (TPSA) is 12.9 Å². The Morgan fingerprint density at radius 2 is 1.29 bits per heavy atom. The van der Waals surface area contributed by atoms with E-state index < -0.39 is 0 Å². The normalized spacial score (nSPS) is 11.2. The average molecular weight is 351 g/mol. The van der Waals surface area contributed by atoms with Gasteiger partial charge < -0.3 is 0 Å². The Labute approximate surface area is 116 Å². The number of hydrogen-bond donors (Lipinski definition) is 0. The first-order valence-electron chi connectivity index (χ1n) is 5.30. The molecule has 0 aliphatic rings. The van der Waals surface area contributed by atoms with Crippen LogP contribution in [0.3, 0.4) is 0 Å². The smallest absolute Gasteiger partial charge is 0.0713 e. The lowest BCUT2D eigenvalue weighted by Crippen LogP contribution is -1.87. The fourth-order valence-electron chi connectivity index (χ4n) is 2.09. The van der Waals surface area contributed by atoms with Crippen LogP contribution in [-0.4, -0.2) is 4.98 Å². The van der Waals surface area contributed by atoms with Gasteiger partial charge in [0.2, 0.25) is 0 Å². The Hall–Kier alpha value is -0.930. The van der Waals surface area contributed by atoms with Gasteiger partial charge in [-0.15, -0.1) is 0 Å². The lowest BCUT2D eigenvalue weighted by Gasteiger charge is -2.07. The number of hydrogen-bond acceptors (Lipinski definition) is 1. The largest absolute Gasteiger partial charge is 0.248 e. The molecule has 0 atom stereocenters. The Bertz CT molecular complexity index is 675. The predicted molar refractivity (Wildman–Crippen MR) is 79.4 cm³/mol. The van der Waals surface area contributed by atoms with Crippen molar-refractivity contribution in [3.63, 3.8) is 0 Å². The van der Waals surface area contributed by atoms with Crippen molar-refractivity contribution in [1.82, 2.24) is 4.98 Å². The van der Waals surface area contributed by atoms with Gasteiger partial charge in [-0.1, -0.05) is 31.9 Å². The van der Waals surface area contributed by atoms with Crippen LogP contribution in [0.25, 0.3) is 21.8 Å². The number of aryl methyl sites for hydroxylation is 1. The minimum atomic E-state index is 1.04. The molecule has 1 heterocycles. The molecule has 0 fully saturated rings. The summed E-state index contributed by atoms with van der Waals surface area (Å²) >= 11 is 7.02. The van der Waals surface area contributed by atoms with Crippen LogP contribution in [0.1, 0.15) is 5.56 Å². The van der Waals surface area contributed by atoms with E-state index in [1.807, 2.05) is 24.3 Å². The summed E-state index contributed by atoms with van der Waals surface area (Å²) in [5.74, 6) is 0. The van der Waals surface area contributed by atoms with Crippen molar-refractivity contribution in [3.05, 3.63) is 50.9 Å². The van der Waals surface area contributed by atoms with Crippen molar-refractivity contribution >= 4 is 53.7 Å². The highest BCUT2D eigenvalue weighted by atomic mass is 79.9. The minimum Gasteiger partial charge on any atom is -0.248 e. The third-order valence-electron chi connectivity index (χ3n) is 2.97. The second-order valence-corrected chi connectivity index (χ2v) is 5.89. The van der Waals surface area contributed by atoms with Crippen LogP contribution in [0.4, 0.5) is 0 Å². The summed E-state index contributed by atoms with van der Waals surface area (Å²) in [5.41, 5.74) is 3.36. The van der Waals surface area contributed by atoms with Gasteiger partial charge in [0.1, 0.15) is 0 Å². The number of nitrogens with zero attached hydrogens (tertiary/aromatic N) is 1. The fourth-order valence-corrected chi connectivity index (χ4v) is 2.81. The van der Waals surface area contributed by atoms with Gasteiger partial charge in [0, 0.05) is 19.7 Å². The molecule has 0 spiro atoms. The highest BCUT2D eigenvalue weighted by molar-refractivity contribution is 9.10. The lowest BCUT2D eigenvalue weighted by molar-refractivity contribution is 1.44. The Morgan fingerprint density at radius 1 is 0.824 bits per heavy atom. The summed E-state index contributed by atoms with van der Waals surface area (Å²) in [5, 5.41) is 2.40. The van der Waals surface area contributed by atoms with Gasteiger partial charge in [-0.2, -0.15) is 0 Å². The Balaban J connectivity index is 2.53. The van der Waals surface area contributed by atoms with E-state index in [1.54, 1.807) is 0 Å². The minimum absolute atomic E-state index is 1.04. The standard InChI is InChI=1S/C14H9Br2N/c1-8-11-6-9(15)2-4-13(11)17-14-5-3-10(16)7-12(8)14/h2-7H,1H3. The zero-order valence-electron chi connectivity index (χ0n) is 9.17. The van der Waals surface area contributed by atoms with Crippen molar-refractivity contribution in [1.29, 1.82) is 0 Å². The molecular weight excluding hydrogens is 342 g/mol. The van der Waals surface area contributed by atoms with E-state index in [0.29, 0.717) is 0 Å². The number of benzene rings is 2. The Kier molecular flexibility index (Phi) is 2.68. The quantitative estimate of drug-likeness (QED) is 0.506. The fraction of sp³-hybridized carbons (Fsp3) is 0.0714. The van der Waals surface area contributed by atoms with Crippen LogP contribution in [0.15, 0.2) is 45.3 Å². The molecule has 0 amide bonds. The third kappa shape index (κ3) is 1.87. The molecule has 0 N–H and O–H groups in total. The molecule has 0 saturated carbocycles. The molecule has 3 rings (SSSR count). The molecule has 3 heteroatoms. The average Bonchev–Trinajstić information content (AvgIpc) is 2.32. The van der Waals surface area contributed by atoms with Crippen molar-refractivity contribution < 1.29 is 0 Å². The molecule has 2 aromatic carbocycles. The number of rotatable bonds is 0. The molecule has 0 bridgehead atoms. The molecule has 0 radical (unpaired) electrons. The first-order chi connectivity index (χ1) is 8.15.